The molecule has 15 heavy (non-hydrogen) atoms. The molecule has 0 aromatic heterocycles. The summed E-state index contributed by atoms with van der Waals surface area (Å²) in [4.78, 5) is 11.3. The Bertz CT molecular complexity index is 214. The topological polar surface area (TPSA) is 50.4 Å². The lowest BCUT2D eigenvalue weighted by atomic mass is 10.2. The quantitative estimate of drug-likeness (QED) is 0.714. The van der Waals surface area contributed by atoms with Crippen LogP contribution in [0, 0.1) is 0 Å². The normalized spacial score (nSPS) is 22.5. The minimum atomic E-state index is -4.23. The Labute approximate surface area is 85.2 Å². The van der Waals surface area contributed by atoms with E-state index in [9.17, 15) is 18.0 Å². The van der Waals surface area contributed by atoms with Gasteiger partial charge in [-0.2, -0.15) is 13.2 Å². The largest absolute Gasteiger partial charge is 0.390 e. The van der Waals surface area contributed by atoms with Gasteiger partial charge < -0.3 is 15.4 Å². The van der Waals surface area contributed by atoms with Gasteiger partial charge >= 0.3 is 6.18 Å². The Morgan fingerprint density at radius 1 is 1.53 bits per heavy atom. The Morgan fingerprint density at radius 2 is 2.27 bits per heavy atom. The van der Waals surface area contributed by atoms with E-state index >= 15 is 0 Å². The fourth-order valence-electron chi connectivity index (χ4n) is 1.18. The molecule has 7 heteroatoms. The van der Waals surface area contributed by atoms with Crippen molar-refractivity contribution in [1.82, 2.24) is 10.6 Å². The number of ether oxygens (including phenoxy) is 1. The summed E-state index contributed by atoms with van der Waals surface area (Å²) < 4.78 is 40.3. The van der Waals surface area contributed by atoms with Crippen LogP contribution in [-0.4, -0.2) is 44.4 Å². The molecule has 2 N–H and O–H groups in total. The highest BCUT2D eigenvalue weighted by molar-refractivity contribution is 5.81. The van der Waals surface area contributed by atoms with Crippen molar-refractivity contribution >= 4 is 5.91 Å². The number of carbonyl (C=O) groups is 1. The number of rotatable bonds is 3. The minimum Gasteiger partial charge on any atom is -0.378 e. The predicted octanol–water partition coefficient (Wildman–Crippen LogP) is 0.0434. The lowest BCUT2D eigenvalue weighted by Gasteiger charge is -2.22. The van der Waals surface area contributed by atoms with Crippen molar-refractivity contribution < 1.29 is 22.7 Å². The Hall–Kier alpha value is -0.820. The maximum atomic E-state index is 11.8. The van der Waals surface area contributed by atoms with Crippen molar-refractivity contribution in [2.24, 2.45) is 0 Å². The first-order valence-electron chi connectivity index (χ1n) is 4.64. The van der Waals surface area contributed by atoms with Crippen LogP contribution in [0.3, 0.4) is 0 Å². The molecule has 88 valence electrons. The maximum absolute atomic E-state index is 11.8. The first-order chi connectivity index (χ1) is 6.99. The number of hydrogen-bond donors (Lipinski definition) is 2. The average molecular weight is 226 g/mol. The van der Waals surface area contributed by atoms with Crippen LogP contribution in [0.15, 0.2) is 0 Å². The molecule has 0 saturated carbocycles. The van der Waals surface area contributed by atoms with Crippen molar-refractivity contribution in [2.45, 2.75) is 18.6 Å². The molecule has 1 saturated heterocycles. The monoisotopic (exact) mass is 226 g/mol. The van der Waals surface area contributed by atoms with Crippen LogP contribution >= 0.6 is 0 Å². The molecule has 1 aliphatic heterocycles. The van der Waals surface area contributed by atoms with Gasteiger partial charge in [-0.25, -0.2) is 0 Å². The average Bonchev–Trinajstić information content (AvgIpc) is 2.17. The zero-order chi connectivity index (χ0) is 11.3. The summed E-state index contributed by atoms with van der Waals surface area (Å²) in [7, 11) is 0. The predicted molar refractivity (Wildman–Crippen MR) is 46.3 cm³/mol. The van der Waals surface area contributed by atoms with Crippen LogP contribution in [0.25, 0.3) is 0 Å². The van der Waals surface area contributed by atoms with Gasteiger partial charge in [-0.05, 0) is 0 Å². The van der Waals surface area contributed by atoms with Crippen molar-refractivity contribution in [3.63, 3.8) is 0 Å². The Kier molecular flexibility index (Phi) is 4.34. The molecule has 1 unspecified atom stereocenters. The third kappa shape index (κ3) is 4.98. The second-order valence-electron chi connectivity index (χ2n) is 3.24. The summed E-state index contributed by atoms with van der Waals surface area (Å²) in [5, 5.41) is 5.06. The molecule has 0 aromatic rings. The maximum Gasteiger partial charge on any atom is 0.390 e. The van der Waals surface area contributed by atoms with Gasteiger partial charge in [0.15, 0.2) is 0 Å². The molecule has 4 nitrogen and oxygen atoms in total. The van der Waals surface area contributed by atoms with Crippen LogP contribution in [0.4, 0.5) is 13.2 Å². The van der Waals surface area contributed by atoms with Gasteiger partial charge in [-0.3, -0.25) is 4.79 Å². The molecule has 0 aliphatic carbocycles. The van der Waals surface area contributed by atoms with Crippen LogP contribution in [-0.2, 0) is 9.53 Å². The van der Waals surface area contributed by atoms with Gasteiger partial charge in [0.25, 0.3) is 0 Å². The summed E-state index contributed by atoms with van der Waals surface area (Å²) in [5.41, 5.74) is 0. The van der Waals surface area contributed by atoms with Gasteiger partial charge in [0.1, 0.15) is 6.04 Å². The number of carbonyl (C=O) groups excluding carboxylic acids is 1. The zero-order valence-electron chi connectivity index (χ0n) is 8.06. The number of hydrogen-bond acceptors (Lipinski definition) is 3. The second-order valence-corrected chi connectivity index (χ2v) is 3.24. The SMILES string of the molecule is O=C(NCCC(F)(F)F)C1COCCN1. The molecular formula is C8H13F3N2O2. The highest BCUT2D eigenvalue weighted by Gasteiger charge is 2.27. The molecule has 1 aliphatic rings. The Morgan fingerprint density at radius 3 is 2.80 bits per heavy atom. The molecule has 1 amide bonds. The van der Waals surface area contributed by atoms with E-state index in [1.165, 1.54) is 0 Å². The summed E-state index contributed by atoms with van der Waals surface area (Å²) in [5.74, 6) is -0.445. The summed E-state index contributed by atoms with van der Waals surface area (Å²) in [6, 6.07) is -0.535. The van der Waals surface area contributed by atoms with Crippen molar-refractivity contribution in [1.29, 1.82) is 0 Å². The van der Waals surface area contributed by atoms with Crippen LogP contribution < -0.4 is 10.6 Å². The number of morpholine rings is 1. The fraction of sp³-hybridized carbons (Fsp3) is 0.875. The van der Waals surface area contributed by atoms with Gasteiger partial charge in [-0.15, -0.1) is 0 Å². The van der Waals surface area contributed by atoms with Gasteiger partial charge in [-0.1, -0.05) is 0 Å². The van der Waals surface area contributed by atoms with E-state index in [2.05, 4.69) is 10.6 Å². The van der Waals surface area contributed by atoms with Crippen LogP contribution in [0.2, 0.25) is 0 Å². The number of alkyl halides is 3. The third-order valence-electron chi connectivity index (χ3n) is 1.95. The second kappa shape index (κ2) is 5.32. The van der Waals surface area contributed by atoms with Crippen LogP contribution in [0.1, 0.15) is 6.42 Å². The van der Waals surface area contributed by atoms with E-state index in [4.69, 9.17) is 4.74 Å². The molecule has 1 fully saturated rings. The fourth-order valence-corrected chi connectivity index (χ4v) is 1.18. The highest BCUT2D eigenvalue weighted by atomic mass is 19.4. The molecule has 0 bridgehead atoms. The summed E-state index contributed by atoms with van der Waals surface area (Å²) >= 11 is 0. The molecular weight excluding hydrogens is 213 g/mol. The van der Waals surface area contributed by atoms with Crippen molar-refractivity contribution in [3.8, 4) is 0 Å². The lowest BCUT2D eigenvalue weighted by Crippen LogP contribution is -2.51. The molecule has 1 heterocycles. The number of nitrogens with one attached hydrogen (secondary N) is 2. The van der Waals surface area contributed by atoms with Crippen LogP contribution in [0.5, 0.6) is 0 Å². The standard InChI is InChI=1S/C8H13F3N2O2/c9-8(10,11)1-2-13-7(14)6-5-15-4-3-12-6/h6,12H,1-5H2,(H,13,14). The first kappa shape index (κ1) is 12.3. The van der Waals surface area contributed by atoms with Gasteiger partial charge in [0.2, 0.25) is 5.91 Å². The molecule has 0 radical (unpaired) electrons. The highest BCUT2D eigenvalue weighted by Crippen LogP contribution is 2.18. The van der Waals surface area contributed by atoms with E-state index < -0.39 is 24.5 Å². The molecule has 0 aromatic carbocycles. The first-order valence-corrected chi connectivity index (χ1v) is 4.64. The summed E-state index contributed by atoms with van der Waals surface area (Å²) in [6.07, 6.45) is -5.24. The lowest BCUT2D eigenvalue weighted by molar-refractivity contribution is -0.136. The zero-order valence-corrected chi connectivity index (χ0v) is 8.06. The van der Waals surface area contributed by atoms with E-state index in [0.29, 0.717) is 13.2 Å². The molecule has 1 atom stereocenters. The van der Waals surface area contributed by atoms with E-state index in [-0.39, 0.29) is 13.2 Å². The summed E-state index contributed by atoms with van der Waals surface area (Å²) in [6.45, 7) is 0.877. The van der Waals surface area contributed by atoms with E-state index in [1.807, 2.05) is 0 Å². The molecule has 1 rings (SSSR count). The number of amides is 1. The third-order valence-corrected chi connectivity index (χ3v) is 1.95. The Balaban J connectivity index is 2.17. The molecule has 0 spiro atoms. The van der Waals surface area contributed by atoms with Crippen molar-refractivity contribution in [2.75, 3.05) is 26.3 Å². The number of halogens is 3. The minimum absolute atomic E-state index is 0.206. The smallest absolute Gasteiger partial charge is 0.378 e. The van der Waals surface area contributed by atoms with E-state index in [1.54, 1.807) is 0 Å². The van der Waals surface area contributed by atoms with Gasteiger partial charge in [0.05, 0.1) is 19.6 Å². The van der Waals surface area contributed by atoms with Crippen molar-refractivity contribution in [3.05, 3.63) is 0 Å². The van der Waals surface area contributed by atoms with Gasteiger partial charge in [0, 0.05) is 13.1 Å². The van der Waals surface area contributed by atoms with E-state index in [0.717, 1.165) is 0 Å².